The third-order valence-electron chi connectivity index (χ3n) is 0.874. The molecule has 38 valence electrons. The molecule has 2 nitrogen and oxygen atoms in total. The second kappa shape index (κ2) is 2.50. The molecule has 0 fully saturated rings. The highest BCUT2D eigenvalue weighted by Crippen LogP contribution is 1.88. The fourth-order valence-corrected chi connectivity index (χ4v) is 0.500. The van der Waals surface area contributed by atoms with Crippen LogP contribution in [0.15, 0.2) is 9.98 Å². The van der Waals surface area contributed by atoms with Gasteiger partial charge in [-0.15, -0.1) is 0 Å². The molecule has 0 saturated carbocycles. The molecule has 0 atom stereocenters. The van der Waals surface area contributed by atoms with E-state index in [0.29, 0.717) is 0 Å². The summed E-state index contributed by atoms with van der Waals surface area (Å²) >= 11 is 0. The van der Waals surface area contributed by atoms with Gasteiger partial charge in [-0.25, -0.2) is 4.99 Å². The van der Waals surface area contributed by atoms with E-state index < -0.39 is 0 Å². The fourth-order valence-electron chi connectivity index (χ4n) is 0.500. The zero-order chi connectivity index (χ0) is 4.95. The lowest BCUT2D eigenvalue weighted by Crippen LogP contribution is -1.76. The van der Waals surface area contributed by atoms with Gasteiger partial charge in [-0.3, -0.25) is 4.99 Å². The molecule has 0 amide bonds. The Morgan fingerprint density at radius 3 is 3.43 bits per heavy atom. The van der Waals surface area contributed by atoms with Gasteiger partial charge in [-0.1, -0.05) is 0 Å². The Kier molecular flexibility index (Phi) is 1.61. The number of rotatable bonds is 0. The van der Waals surface area contributed by atoms with E-state index in [1.165, 1.54) is 0 Å². The summed E-state index contributed by atoms with van der Waals surface area (Å²) in [7, 11) is 0. The summed E-state index contributed by atoms with van der Waals surface area (Å²) in [5.74, 6) is 0. The Morgan fingerprint density at radius 2 is 2.43 bits per heavy atom. The molecule has 1 aliphatic heterocycles. The molecule has 0 bridgehead atoms. The van der Waals surface area contributed by atoms with Crippen molar-refractivity contribution >= 4 is 12.6 Å². The van der Waals surface area contributed by atoms with Gasteiger partial charge < -0.3 is 0 Å². The molecule has 0 spiro atoms. The monoisotopic (exact) mass is 96.1 g/mol. The lowest BCUT2D eigenvalue weighted by Gasteiger charge is -1.80. The minimum absolute atomic E-state index is 0.944. The summed E-state index contributed by atoms with van der Waals surface area (Å²) in [6.45, 7) is 0.944. The van der Waals surface area contributed by atoms with Crippen LogP contribution in [-0.4, -0.2) is 19.1 Å². The maximum atomic E-state index is 3.95. The Labute approximate surface area is 43.0 Å². The van der Waals surface area contributed by atoms with E-state index in [1.807, 2.05) is 6.21 Å². The van der Waals surface area contributed by atoms with Crippen LogP contribution in [0.3, 0.4) is 0 Å². The van der Waals surface area contributed by atoms with Gasteiger partial charge in [0.2, 0.25) is 0 Å². The lowest BCUT2D eigenvalue weighted by molar-refractivity contribution is 0.898. The minimum atomic E-state index is 0.944. The Bertz CT molecular complexity index is 82.3. The molecule has 1 aliphatic rings. The van der Waals surface area contributed by atoms with Crippen LogP contribution < -0.4 is 0 Å². The molecule has 0 unspecified atom stereocenters. The average molecular weight is 96.1 g/mol. The molecule has 0 aromatic carbocycles. The average Bonchev–Trinajstić information content (AvgIpc) is 1.90. The third kappa shape index (κ3) is 1.48. The van der Waals surface area contributed by atoms with Crippen LogP contribution in [-0.2, 0) is 0 Å². The smallest absolute Gasteiger partial charge is 0.109 e. The molecule has 0 aromatic rings. The van der Waals surface area contributed by atoms with Crippen LogP contribution in [0.2, 0.25) is 0 Å². The van der Waals surface area contributed by atoms with E-state index in [9.17, 15) is 0 Å². The van der Waals surface area contributed by atoms with Crippen molar-refractivity contribution < 1.29 is 0 Å². The second-order valence-corrected chi connectivity index (χ2v) is 1.50. The van der Waals surface area contributed by atoms with Crippen molar-refractivity contribution in [3.63, 3.8) is 0 Å². The normalized spacial score (nSPS) is 19.4. The van der Waals surface area contributed by atoms with Crippen LogP contribution in [0.4, 0.5) is 0 Å². The van der Waals surface area contributed by atoms with Gasteiger partial charge in [-0.05, 0) is 12.8 Å². The van der Waals surface area contributed by atoms with E-state index >= 15 is 0 Å². The van der Waals surface area contributed by atoms with Gasteiger partial charge in [0.25, 0.3) is 0 Å². The van der Waals surface area contributed by atoms with E-state index in [-0.39, 0.29) is 0 Å². The summed E-state index contributed by atoms with van der Waals surface area (Å²) in [5.41, 5.74) is 0. The Balaban J connectivity index is 2.39. The summed E-state index contributed by atoms with van der Waals surface area (Å²) < 4.78 is 0. The van der Waals surface area contributed by atoms with E-state index in [0.717, 1.165) is 19.4 Å². The number of hydrogen-bond acceptors (Lipinski definition) is 2. The van der Waals surface area contributed by atoms with Crippen LogP contribution >= 0.6 is 0 Å². The quantitative estimate of drug-likeness (QED) is 0.427. The zero-order valence-electron chi connectivity index (χ0n) is 4.17. The van der Waals surface area contributed by atoms with Gasteiger partial charge in [0.15, 0.2) is 0 Å². The van der Waals surface area contributed by atoms with Gasteiger partial charge in [-0.2, -0.15) is 0 Å². The first kappa shape index (κ1) is 4.50. The van der Waals surface area contributed by atoms with Crippen molar-refractivity contribution in [2.45, 2.75) is 12.8 Å². The molecule has 1 rings (SSSR count). The van der Waals surface area contributed by atoms with Crippen molar-refractivity contribution in [3.8, 4) is 0 Å². The molecular weight excluding hydrogens is 88.1 g/mol. The topological polar surface area (TPSA) is 24.7 Å². The van der Waals surface area contributed by atoms with Gasteiger partial charge in [0, 0.05) is 12.8 Å². The molecule has 0 saturated heterocycles. The largest absolute Gasteiger partial charge is 0.274 e. The number of hydrogen-bond donors (Lipinski definition) is 0. The summed E-state index contributed by atoms with van der Waals surface area (Å²) in [6, 6.07) is 0. The van der Waals surface area contributed by atoms with Crippen LogP contribution in [0.1, 0.15) is 12.8 Å². The highest BCUT2D eigenvalue weighted by Gasteiger charge is 1.82. The molecular formula is C5H8N2. The standard InChI is InChI=1S/C5H8N2/c1-2-4-7-5-6-3-1/h3,5H,1-2,4H2. The molecule has 2 heteroatoms. The molecule has 1 heterocycles. The highest BCUT2D eigenvalue weighted by molar-refractivity contribution is 5.72. The second-order valence-electron chi connectivity index (χ2n) is 1.50. The fraction of sp³-hybridized carbons (Fsp3) is 0.600. The summed E-state index contributed by atoms with van der Waals surface area (Å²) in [5, 5.41) is 0. The zero-order valence-corrected chi connectivity index (χ0v) is 4.17. The van der Waals surface area contributed by atoms with Crippen molar-refractivity contribution in [2.75, 3.05) is 6.54 Å². The summed E-state index contributed by atoms with van der Waals surface area (Å²) in [4.78, 5) is 7.80. The first-order valence-electron chi connectivity index (χ1n) is 2.50. The predicted molar refractivity (Wildman–Crippen MR) is 31.1 cm³/mol. The van der Waals surface area contributed by atoms with Crippen molar-refractivity contribution in [1.29, 1.82) is 0 Å². The van der Waals surface area contributed by atoms with Crippen LogP contribution in [0, 0.1) is 0 Å². The van der Waals surface area contributed by atoms with Crippen molar-refractivity contribution in [1.82, 2.24) is 0 Å². The molecule has 0 N–H and O–H groups in total. The SMILES string of the molecule is C1=NC=NCCC1. The van der Waals surface area contributed by atoms with E-state index in [1.54, 1.807) is 6.34 Å². The summed E-state index contributed by atoms with van der Waals surface area (Å²) in [6.07, 6.45) is 5.75. The van der Waals surface area contributed by atoms with Gasteiger partial charge in [0.1, 0.15) is 6.34 Å². The number of nitrogens with zero attached hydrogens (tertiary/aromatic N) is 2. The van der Waals surface area contributed by atoms with E-state index in [2.05, 4.69) is 9.98 Å². The molecule has 0 aliphatic carbocycles. The van der Waals surface area contributed by atoms with Gasteiger partial charge in [0.05, 0.1) is 0 Å². The highest BCUT2D eigenvalue weighted by atomic mass is 14.8. The predicted octanol–water partition coefficient (Wildman–Crippen LogP) is 0.879. The Hall–Kier alpha value is -0.660. The van der Waals surface area contributed by atoms with Crippen LogP contribution in [0.25, 0.3) is 0 Å². The maximum Gasteiger partial charge on any atom is 0.109 e. The maximum absolute atomic E-state index is 3.95. The lowest BCUT2D eigenvalue weighted by atomic mass is 10.3. The molecule has 7 heavy (non-hydrogen) atoms. The minimum Gasteiger partial charge on any atom is -0.274 e. The van der Waals surface area contributed by atoms with Crippen molar-refractivity contribution in [2.24, 2.45) is 9.98 Å². The Morgan fingerprint density at radius 1 is 1.43 bits per heavy atom. The van der Waals surface area contributed by atoms with E-state index in [4.69, 9.17) is 0 Å². The van der Waals surface area contributed by atoms with Crippen molar-refractivity contribution in [3.05, 3.63) is 0 Å². The molecule has 0 aromatic heterocycles. The first-order valence-corrected chi connectivity index (χ1v) is 2.50. The number of aliphatic imine (C=N–C) groups is 2. The first-order chi connectivity index (χ1) is 3.50. The van der Waals surface area contributed by atoms with Gasteiger partial charge >= 0.3 is 0 Å². The third-order valence-corrected chi connectivity index (χ3v) is 0.874. The molecule has 0 radical (unpaired) electrons. The van der Waals surface area contributed by atoms with Crippen LogP contribution in [0.5, 0.6) is 0 Å².